The number of rotatable bonds is 2. The van der Waals surface area contributed by atoms with Gasteiger partial charge in [-0.25, -0.2) is 18.1 Å². The van der Waals surface area contributed by atoms with Gasteiger partial charge in [0.25, 0.3) is 0 Å². The van der Waals surface area contributed by atoms with Crippen molar-refractivity contribution in [3.8, 4) is 0 Å². The van der Waals surface area contributed by atoms with Crippen LogP contribution in [0.1, 0.15) is 102 Å². The monoisotopic (exact) mass is 912 g/mol. The van der Waals surface area contributed by atoms with Gasteiger partial charge in [0, 0.05) is 0 Å². The molecule has 0 bridgehead atoms. The summed E-state index contributed by atoms with van der Waals surface area (Å²) in [6.07, 6.45) is -0.470. The van der Waals surface area contributed by atoms with Crippen LogP contribution in [0.15, 0.2) is 132 Å². The minimum Gasteiger partial charge on any atom is -1.00 e. The van der Waals surface area contributed by atoms with Crippen molar-refractivity contribution in [2.45, 2.75) is 87.0 Å². The van der Waals surface area contributed by atoms with Crippen LogP contribution in [0.25, 0.3) is 5.57 Å². The first kappa shape index (κ1) is 47.7. The van der Waals surface area contributed by atoms with Gasteiger partial charge in [0.15, 0.2) is 0 Å². The molecule has 0 heterocycles. The van der Waals surface area contributed by atoms with Crippen molar-refractivity contribution in [3.05, 3.63) is 171 Å². The zero-order valence-corrected chi connectivity index (χ0v) is 38.2. The number of hydrogen-bond acceptors (Lipinski definition) is 0. The molecule has 2 unspecified atom stereocenters. The van der Waals surface area contributed by atoms with Crippen LogP contribution in [0.5, 0.6) is 0 Å². The van der Waals surface area contributed by atoms with E-state index in [0.29, 0.717) is 9.12 Å². The SMILES string of the molecule is C[C-]1C2=C3Cc4ccccc4C3=C3C=CCCC3C2(C)C(C)(C)C(C)(C)C1(C)C.FC(F)(F)c1cccc([C](=[Zr+2])c2cccc(C(F)(F)F)c2)c1.[Cl-].[Cl-].c1cc[cH-]c1. The largest absolute Gasteiger partial charge is 1.00 e. The summed E-state index contributed by atoms with van der Waals surface area (Å²) in [5, 5.41) is 0. The molecule has 58 heavy (non-hydrogen) atoms. The number of benzene rings is 3. The number of allylic oxidation sites excluding steroid dienone is 6. The summed E-state index contributed by atoms with van der Waals surface area (Å²) in [6, 6.07) is 28.3. The predicted octanol–water partition coefficient (Wildman–Crippen LogP) is 8.22. The predicted molar refractivity (Wildman–Crippen MR) is 212 cm³/mol. The first-order valence-corrected chi connectivity index (χ1v) is 20.5. The fourth-order valence-corrected chi connectivity index (χ4v) is 10.5. The second kappa shape index (κ2) is 17.2. The van der Waals surface area contributed by atoms with E-state index in [9.17, 15) is 26.3 Å². The molecule has 0 nitrogen and oxygen atoms in total. The van der Waals surface area contributed by atoms with Gasteiger partial charge in [-0.15, -0.1) is 6.92 Å². The molecular weight excluding hydrogens is 865 g/mol. The van der Waals surface area contributed by atoms with E-state index in [2.05, 4.69) is 91.8 Å². The van der Waals surface area contributed by atoms with E-state index < -0.39 is 23.5 Å². The van der Waals surface area contributed by atoms with Gasteiger partial charge in [-0.2, -0.15) is 29.3 Å². The fraction of sp³-hybridized carbons (Fsp3) is 0.367. The number of hydrogen-bond donors (Lipinski definition) is 0. The van der Waals surface area contributed by atoms with Gasteiger partial charge in [0.05, 0.1) is 0 Å². The minimum atomic E-state index is -4.49. The van der Waals surface area contributed by atoms with Gasteiger partial charge in [-0.1, -0.05) is 113 Å². The van der Waals surface area contributed by atoms with Crippen molar-refractivity contribution < 1.29 is 75.4 Å². The molecule has 0 aromatic heterocycles. The second-order valence-corrected chi connectivity index (χ2v) is 18.5. The molecule has 1 saturated carbocycles. The summed E-state index contributed by atoms with van der Waals surface area (Å²) in [5.74, 6) is 2.24. The van der Waals surface area contributed by atoms with Crippen molar-refractivity contribution in [1.82, 2.24) is 0 Å². The average molecular weight is 915 g/mol. The molecule has 0 amide bonds. The van der Waals surface area contributed by atoms with Crippen LogP contribution < -0.4 is 24.8 Å². The van der Waals surface area contributed by atoms with Gasteiger partial charge >= 0.3 is 137 Å². The maximum Gasteiger partial charge on any atom is -0.172 e. The number of alkyl halides is 6. The van der Waals surface area contributed by atoms with Gasteiger partial charge in [0.2, 0.25) is 0 Å². The molecule has 9 heteroatoms. The molecule has 308 valence electrons. The topological polar surface area (TPSA) is 0 Å². The summed E-state index contributed by atoms with van der Waals surface area (Å²) in [7, 11) is 0. The van der Waals surface area contributed by atoms with Crippen molar-refractivity contribution in [1.29, 1.82) is 0 Å². The Kier molecular flexibility index (Phi) is 14.1. The Morgan fingerprint density at radius 2 is 1.26 bits per heavy atom. The molecule has 2 atom stereocenters. The van der Waals surface area contributed by atoms with Crippen molar-refractivity contribution in [2.75, 3.05) is 0 Å². The van der Waals surface area contributed by atoms with Crippen molar-refractivity contribution >= 4 is 8.78 Å². The normalized spacial score (nSPS) is 22.0. The van der Waals surface area contributed by atoms with E-state index in [1.54, 1.807) is 28.2 Å². The molecule has 4 aromatic carbocycles. The Bertz CT molecular complexity index is 2120. The van der Waals surface area contributed by atoms with Crippen LogP contribution in [0.4, 0.5) is 26.3 Å². The van der Waals surface area contributed by atoms with Crippen LogP contribution in [0.2, 0.25) is 0 Å². The molecular formula is C49H50Cl2F6Zr-2. The summed E-state index contributed by atoms with van der Waals surface area (Å²) < 4.78 is 76.7. The maximum atomic E-state index is 12.7. The average Bonchev–Trinajstić information content (AvgIpc) is 3.86. The van der Waals surface area contributed by atoms with E-state index in [1.807, 2.05) is 30.3 Å². The fourth-order valence-electron chi connectivity index (χ4n) is 9.76. The quantitative estimate of drug-likeness (QED) is 0.141. The molecule has 0 aliphatic heterocycles. The Labute approximate surface area is 367 Å². The summed E-state index contributed by atoms with van der Waals surface area (Å²) in [5.41, 5.74) is 9.20. The van der Waals surface area contributed by atoms with E-state index in [1.165, 1.54) is 48.2 Å². The third kappa shape index (κ3) is 8.11. The van der Waals surface area contributed by atoms with E-state index in [4.69, 9.17) is 0 Å². The Morgan fingerprint density at radius 3 is 1.76 bits per heavy atom. The van der Waals surface area contributed by atoms with Crippen molar-refractivity contribution in [3.63, 3.8) is 0 Å². The Morgan fingerprint density at radius 1 is 0.724 bits per heavy atom. The van der Waals surface area contributed by atoms with Crippen LogP contribution in [0.3, 0.4) is 0 Å². The standard InChI is InChI=1S/C29H37.C15H8F6.C5H5.2ClH.Zr/c1-18-25-22-17-19-13-9-10-14-20(19)24(22)21-15-11-12-16-23(21)29(25,8)28(6,7)27(4,5)26(18,2)3;16-14(17,18)12-5-1-3-10(8-12)7-11-4-2-6-13(9-11)15(19,20)21;1-2-4-5-3-1;;;/h9-11,13-15,23H,12,16-17H2,1-8H3;1-6,8-9H;1-5H;2*1H;/q-1;;-1;;;+2/p-2. The zero-order valence-electron chi connectivity index (χ0n) is 34.2. The Hall–Kier alpha value is -2.99. The molecule has 8 rings (SSSR count). The van der Waals surface area contributed by atoms with Crippen LogP contribution in [-0.4, -0.2) is 3.21 Å². The van der Waals surface area contributed by atoms with Gasteiger partial charge in [0.1, 0.15) is 0 Å². The molecule has 0 spiro atoms. The molecule has 1 fully saturated rings. The molecule has 4 aliphatic rings. The smallest absolute Gasteiger partial charge is 0.172 e. The third-order valence-electron chi connectivity index (χ3n) is 14.3. The summed E-state index contributed by atoms with van der Waals surface area (Å²) in [4.78, 5) is 0. The van der Waals surface area contributed by atoms with Gasteiger partial charge in [-0.05, 0) is 40.6 Å². The molecule has 0 radical (unpaired) electrons. The summed E-state index contributed by atoms with van der Waals surface area (Å²) in [6.45, 7) is 20.3. The van der Waals surface area contributed by atoms with Crippen LogP contribution in [0, 0.1) is 33.5 Å². The first-order chi connectivity index (χ1) is 26.1. The van der Waals surface area contributed by atoms with Crippen LogP contribution in [-0.2, 0) is 43.0 Å². The van der Waals surface area contributed by atoms with Gasteiger partial charge < -0.3 is 24.8 Å². The second-order valence-electron chi connectivity index (χ2n) is 17.2. The first-order valence-electron chi connectivity index (χ1n) is 19.2. The number of halogens is 8. The molecule has 0 saturated heterocycles. The van der Waals surface area contributed by atoms with Crippen molar-refractivity contribution in [2.24, 2.45) is 27.6 Å². The van der Waals surface area contributed by atoms with E-state index in [0.717, 1.165) is 54.9 Å². The van der Waals surface area contributed by atoms with Gasteiger partial charge in [-0.3, -0.25) is 0 Å². The van der Waals surface area contributed by atoms with E-state index >= 15 is 0 Å². The van der Waals surface area contributed by atoms with E-state index in [-0.39, 0.29) is 57.6 Å². The Balaban J connectivity index is 0.000000228. The molecule has 4 aromatic rings. The zero-order chi connectivity index (χ0) is 41.1. The molecule has 4 aliphatic carbocycles. The number of fused-ring (bicyclic) bond motifs is 6. The third-order valence-corrected chi connectivity index (χ3v) is 15.7. The summed E-state index contributed by atoms with van der Waals surface area (Å²) >= 11 is 0.729. The molecule has 0 N–H and O–H groups in total. The van der Waals surface area contributed by atoms with Crippen LogP contribution >= 0.6 is 0 Å². The minimum absolute atomic E-state index is 0. The maximum absolute atomic E-state index is 12.7.